The molecule has 88 valence electrons. The Labute approximate surface area is 98.3 Å². The van der Waals surface area contributed by atoms with E-state index in [0.717, 1.165) is 5.75 Å². The van der Waals surface area contributed by atoms with Crippen LogP contribution in [0, 0.1) is 0 Å². The molecular weight excluding hydrogens is 228 g/mol. The number of methoxy groups -OCH3 is 2. The molecule has 0 bridgehead atoms. The summed E-state index contributed by atoms with van der Waals surface area (Å²) in [6.07, 6.45) is 0. The number of esters is 1. The van der Waals surface area contributed by atoms with Crippen LogP contribution in [0.4, 0.5) is 5.69 Å². The van der Waals surface area contributed by atoms with E-state index in [9.17, 15) is 4.79 Å². The molecule has 1 aromatic heterocycles. The van der Waals surface area contributed by atoms with Crippen LogP contribution >= 0.6 is 11.8 Å². The fourth-order valence-electron chi connectivity index (χ4n) is 1.01. The van der Waals surface area contributed by atoms with Crippen LogP contribution < -0.4 is 5.73 Å². The first-order valence-corrected chi connectivity index (χ1v) is 5.64. The molecule has 0 unspecified atom stereocenters. The molecule has 1 heterocycles. The van der Waals surface area contributed by atoms with Crippen molar-refractivity contribution in [1.29, 1.82) is 0 Å². The van der Waals surface area contributed by atoms with Crippen LogP contribution in [0.1, 0.15) is 10.5 Å². The van der Waals surface area contributed by atoms with Crippen molar-refractivity contribution in [2.45, 2.75) is 5.03 Å². The average molecular weight is 242 g/mol. The Morgan fingerprint density at radius 1 is 1.50 bits per heavy atom. The minimum absolute atomic E-state index is 0.261. The minimum atomic E-state index is -0.464. The van der Waals surface area contributed by atoms with E-state index in [1.54, 1.807) is 19.2 Å². The molecule has 0 spiro atoms. The first kappa shape index (κ1) is 12.8. The average Bonchev–Trinajstić information content (AvgIpc) is 2.31. The summed E-state index contributed by atoms with van der Waals surface area (Å²) < 4.78 is 9.50. The van der Waals surface area contributed by atoms with Gasteiger partial charge in [0.15, 0.2) is 0 Å². The Bertz CT molecular complexity index is 371. The Balaban J connectivity index is 2.78. The number of carbonyl (C=O) groups excluding carboxylic acids is 1. The lowest BCUT2D eigenvalue weighted by atomic mass is 10.3. The van der Waals surface area contributed by atoms with Crippen molar-refractivity contribution < 1.29 is 14.3 Å². The molecule has 0 aliphatic rings. The fourth-order valence-corrected chi connectivity index (χ4v) is 1.85. The number of ether oxygens (including phenoxy) is 2. The zero-order valence-corrected chi connectivity index (χ0v) is 10.0. The summed E-state index contributed by atoms with van der Waals surface area (Å²) in [5.74, 6) is 0.270. The third-order valence-electron chi connectivity index (χ3n) is 1.81. The van der Waals surface area contributed by atoms with Crippen LogP contribution in [-0.2, 0) is 9.47 Å². The molecule has 0 aliphatic heterocycles. The quantitative estimate of drug-likeness (QED) is 0.475. The molecule has 0 aliphatic carbocycles. The van der Waals surface area contributed by atoms with Crippen molar-refractivity contribution in [3.63, 3.8) is 0 Å². The van der Waals surface area contributed by atoms with Crippen molar-refractivity contribution in [2.75, 3.05) is 32.3 Å². The van der Waals surface area contributed by atoms with E-state index in [1.807, 2.05) is 0 Å². The Morgan fingerprint density at radius 3 is 2.88 bits per heavy atom. The highest BCUT2D eigenvalue weighted by Crippen LogP contribution is 2.22. The van der Waals surface area contributed by atoms with E-state index in [-0.39, 0.29) is 5.69 Å². The summed E-state index contributed by atoms with van der Waals surface area (Å²) in [6, 6.07) is 3.19. The summed E-state index contributed by atoms with van der Waals surface area (Å²) in [4.78, 5) is 15.4. The molecule has 1 aromatic rings. The molecule has 0 saturated carbocycles. The highest BCUT2D eigenvalue weighted by atomic mass is 32.2. The van der Waals surface area contributed by atoms with Crippen LogP contribution in [0.15, 0.2) is 17.2 Å². The van der Waals surface area contributed by atoms with Crippen LogP contribution in [-0.4, -0.2) is 37.5 Å². The fraction of sp³-hybridized carbons (Fsp3) is 0.400. The van der Waals surface area contributed by atoms with E-state index < -0.39 is 5.97 Å². The van der Waals surface area contributed by atoms with Crippen LogP contribution in [0.5, 0.6) is 0 Å². The second kappa shape index (κ2) is 6.34. The predicted molar refractivity (Wildman–Crippen MR) is 62.6 cm³/mol. The number of nitrogen functional groups attached to an aromatic ring is 1. The number of thioether (sulfide) groups is 1. The van der Waals surface area contributed by atoms with Crippen molar-refractivity contribution >= 4 is 23.4 Å². The summed E-state index contributed by atoms with van der Waals surface area (Å²) in [6.45, 7) is 0.605. The van der Waals surface area contributed by atoms with Gasteiger partial charge >= 0.3 is 5.97 Å². The zero-order valence-electron chi connectivity index (χ0n) is 9.23. The molecule has 0 fully saturated rings. The Morgan fingerprint density at radius 2 is 2.25 bits per heavy atom. The van der Waals surface area contributed by atoms with Gasteiger partial charge in [0.1, 0.15) is 10.7 Å². The van der Waals surface area contributed by atoms with Crippen LogP contribution in [0.3, 0.4) is 0 Å². The van der Waals surface area contributed by atoms with Crippen molar-refractivity contribution in [3.8, 4) is 0 Å². The van der Waals surface area contributed by atoms with Crippen molar-refractivity contribution in [2.24, 2.45) is 0 Å². The standard InChI is InChI=1S/C10H14N2O3S/c1-14-5-6-16-9-7(11)3-4-8(12-9)10(13)15-2/h3-4H,5-6,11H2,1-2H3. The van der Waals surface area contributed by atoms with Gasteiger partial charge in [-0.25, -0.2) is 9.78 Å². The number of hydrogen-bond donors (Lipinski definition) is 1. The molecule has 2 N–H and O–H groups in total. The lowest BCUT2D eigenvalue weighted by Crippen LogP contribution is -2.06. The van der Waals surface area contributed by atoms with E-state index in [2.05, 4.69) is 9.72 Å². The molecule has 0 aromatic carbocycles. The molecule has 6 heteroatoms. The minimum Gasteiger partial charge on any atom is -0.464 e. The van der Waals surface area contributed by atoms with Gasteiger partial charge in [-0.05, 0) is 12.1 Å². The van der Waals surface area contributed by atoms with Crippen molar-refractivity contribution in [3.05, 3.63) is 17.8 Å². The maximum absolute atomic E-state index is 11.2. The predicted octanol–water partition coefficient (Wildman–Crippen LogP) is 1.19. The van der Waals surface area contributed by atoms with Gasteiger partial charge in [-0.3, -0.25) is 0 Å². The van der Waals surface area contributed by atoms with Gasteiger partial charge in [0, 0.05) is 12.9 Å². The molecular formula is C10H14N2O3S. The van der Waals surface area contributed by atoms with Gasteiger partial charge in [-0.15, -0.1) is 11.8 Å². The third kappa shape index (κ3) is 3.39. The number of pyridine rings is 1. The Kier molecular flexibility index (Phi) is 5.07. The molecule has 16 heavy (non-hydrogen) atoms. The highest BCUT2D eigenvalue weighted by molar-refractivity contribution is 7.99. The van der Waals surface area contributed by atoms with Gasteiger partial charge in [-0.2, -0.15) is 0 Å². The van der Waals surface area contributed by atoms with Gasteiger partial charge in [-0.1, -0.05) is 0 Å². The highest BCUT2D eigenvalue weighted by Gasteiger charge is 2.10. The largest absolute Gasteiger partial charge is 0.464 e. The number of hydrogen-bond acceptors (Lipinski definition) is 6. The summed E-state index contributed by atoms with van der Waals surface area (Å²) >= 11 is 1.44. The molecule has 5 nitrogen and oxygen atoms in total. The van der Waals surface area contributed by atoms with Gasteiger partial charge < -0.3 is 15.2 Å². The molecule has 0 atom stereocenters. The van der Waals surface area contributed by atoms with Gasteiger partial charge in [0.2, 0.25) is 0 Å². The lowest BCUT2D eigenvalue weighted by molar-refractivity contribution is 0.0593. The smallest absolute Gasteiger partial charge is 0.356 e. The number of nitrogens with two attached hydrogens (primary N) is 1. The maximum atomic E-state index is 11.2. The van der Waals surface area contributed by atoms with E-state index in [4.69, 9.17) is 10.5 Å². The maximum Gasteiger partial charge on any atom is 0.356 e. The topological polar surface area (TPSA) is 74.4 Å². The number of nitrogens with zero attached hydrogens (tertiary/aromatic N) is 1. The van der Waals surface area contributed by atoms with E-state index in [1.165, 1.54) is 18.9 Å². The number of rotatable bonds is 5. The third-order valence-corrected chi connectivity index (χ3v) is 2.78. The number of carbonyl (C=O) groups is 1. The number of anilines is 1. The van der Waals surface area contributed by atoms with Gasteiger partial charge in [0.05, 0.1) is 19.4 Å². The molecule has 1 rings (SSSR count). The second-order valence-corrected chi connectivity index (χ2v) is 4.01. The lowest BCUT2D eigenvalue weighted by Gasteiger charge is -2.05. The molecule has 0 radical (unpaired) electrons. The molecule has 0 amide bonds. The monoisotopic (exact) mass is 242 g/mol. The first-order chi connectivity index (χ1) is 7.69. The normalized spacial score (nSPS) is 10.1. The van der Waals surface area contributed by atoms with Gasteiger partial charge in [0.25, 0.3) is 0 Å². The summed E-state index contributed by atoms with van der Waals surface area (Å²) in [5.41, 5.74) is 6.55. The van der Waals surface area contributed by atoms with Crippen LogP contribution in [0.25, 0.3) is 0 Å². The van der Waals surface area contributed by atoms with Crippen LogP contribution in [0.2, 0.25) is 0 Å². The van der Waals surface area contributed by atoms with Crippen molar-refractivity contribution in [1.82, 2.24) is 4.98 Å². The number of aromatic nitrogens is 1. The molecule has 0 saturated heterocycles. The second-order valence-electron chi connectivity index (χ2n) is 2.92. The SMILES string of the molecule is COCCSc1nc(C(=O)OC)ccc1N. The first-order valence-electron chi connectivity index (χ1n) is 4.65. The summed E-state index contributed by atoms with van der Waals surface area (Å²) in [5, 5.41) is 0.625. The zero-order chi connectivity index (χ0) is 12.0. The van der Waals surface area contributed by atoms with E-state index in [0.29, 0.717) is 17.3 Å². The summed E-state index contributed by atoms with van der Waals surface area (Å²) in [7, 11) is 2.94. The van der Waals surface area contributed by atoms with E-state index >= 15 is 0 Å². The Hall–Kier alpha value is -1.27.